The van der Waals surface area contributed by atoms with Crippen LogP contribution in [0.3, 0.4) is 0 Å². The van der Waals surface area contributed by atoms with Gasteiger partial charge < -0.3 is 9.15 Å². The van der Waals surface area contributed by atoms with Gasteiger partial charge in [0.05, 0.1) is 12.0 Å². The van der Waals surface area contributed by atoms with Crippen LogP contribution in [0.2, 0.25) is 0 Å². The number of benzene rings is 3. The number of primary sulfonamides is 1. The molecule has 152 valence electrons. The fraction of sp³-hybridized carbons (Fsp3) is 0.0870. The molecular formula is C23H20N2O4S. The Labute approximate surface area is 175 Å². The topological polar surface area (TPSA) is 95.4 Å². The zero-order valence-electron chi connectivity index (χ0n) is 16.3. The average molecular weight is 420 g/mol. The highest BCUT2D eigenvalue weighted by atomic mass is 32.2. The van der Waals surface area contributed by atoms with Crippen LogP contribution in [0, 0.1) is 0 Å². The number of hydrogen-bond acceptors (Lipinski definition) is 5. The highest BCUT2D eigenvalue weighted by Gasteiger charge is 2.18. The van der Waals surface area contributed by atoms with Crippen molar-refractivity contribution in [1.29, 1.82) is 0 Å². The number of nitrogens with two attached hydrogens (primary N) is 1. The van der Waals surface area contributed by atoms with E-state index in [0.29, 0.717) is 35.1 Å². The second-order valence-electron chi connectivity index (χ2n) is 6.75. The van der Waals surface area contributed by atoms with E-state index < -0.39 is 10.0 Å². The van der Waals surface area contributed by atoms with Gasteiger partial charge >= 0.3 is 0 Å². The van der Waals surface area contributed by atoms with Gasteiger partial charge in [0.1, 0.15) is 11.4 Å². The van der Waals surface area contributed by atoms with Crippen LogP contribution >= 0.6 is 0 Å². The lowest BCUT2D eigenvalue weighted by Gasteiger charge is -2.05. The summed E-state index contributed by atoms with van der Waals surface area (Å²) in [5.74, 6) is 1.82. The number of hydrogen-bond donors (Lipinski definition) is 1. The fourth-order valence-corrected chi connectivity index (χ4v) is 3.68. The zero-order valence-corrected chi connectivity index (χ0v) is 17.1. The molecule has 7 heteroatoms. The van der Waals surface area contributed by atoms with Crippen LogP contribution < -0.4 is 9.88 Å². The SMILES string of the molecule is COc1cccc(-c2nc(Cc3ccccc3)oc2-c2ccc(S(N)(=O)=O)cc2)c1. The first-order valence-corrected chi connectivity index (χ1v) is 10.8. The van der Waals surface area contributed by atoms with Gasteiger partial charge in [-0.3, -0.25) is 0 Å². The molecule has 1 aromatic heterocycles. The van der Waals surface area contributed by atoms with Crippen molar-refractivity contribution in [3.8, 4) is 28.3 Å². The van der Waals surface area contributed by atoms with Gasteiger partial charge in [-0.2, -0.15) is 0 Å². The summed E-state index contributed by atoms with van der Waals surface area (Å²) in [7, 11) is -2.16. The summed E-state index contributed by atoms with van der Waals surface area (Å²) in [5.41, 5.74) is 3.27. The first-order chi connectivity index (χ1) is 14.4. The summed E-state index contributed by atoms with van der Waals surface area (Å²) >= 11 is 0. The number of aromatic nitrogens is 1. The monoisotopic (exact) mass is 420 g/mol. The molecule has 0 radical (unpaired) electrons. The van der Waals surface area contributed by atoms with E-state index in [4.69, 9.17) is 19.3 Å². The van der Waals surface area contributed by atoms with Gasteiger partial charge in [0.25, 0.3) is 0 Å². The molecule has 1 heterocycles. The smallest absolute Gasteiger partial charge is 0.238 e. The minimum Gasteiger partial charge on any atom is -0.497 e. The Morgan fingerprint density at radius 3 is 2.33 bits per heavy atom. The van der Waals surface area contributed by atoms with E-state index in [-0.39, 0.29) is 4.90 Å². The second-order valence-corrected chi connectivity index (χ2v) is 8.31. The largest absolute Gasteiger partial charge is 0.497 e. The predicted octanol–water partition coefficient (Wildman–Crippen LogP) is 4.26. The summed E-state index contributed by atoms with van der Waals surface area (Å²) in [5, 5.41) is 5.21. The molecule has 0 atom stereocenters. The predicted molar refractivity (Wildman–Crippen MR) is 115 cm³/mol. The molecular weight excluding hydrogens is 400 g/mol. The summed E-state index contributed by atoms with van der Waals surface area (Å²) in [4.78, 5) is 4.77. The highest BCUT2D eigenvalue weighted by molar-refractivity contribution is 7.89. The molecule has 0 unspecified atom stereocenters. The Morgan fingerprint density at radius 2 is 1.67 bits per heavy atom. The maximum atomic E-state index is 11.6. The van der Waals surface area contributed by atoms with E-state index >= 15 is 0 Å². The maximum absolute atomic E-state index is 11.6. The molecule has 4 aromatic rings. The Hall–Kier alpha value is -3.42. The first-order valence-electron chi connectivity index (χ1n) is 9.25. The number of methoxy groups -OCH3 is 1. The maximum Gasteiger partial charge on any atom is 0.238 e. The van der Waals surface area contributed by atoms with E-state index in [1.165, 1.54) is 12.1 Å². The fourth-order valence-electron chi connectivity index (χ4n) is 3.17. The van der Waals surface area contributed by atoms with Gasteiger partial charge in [0.15, 0.2) is 11.7 Å². The summed E-state index contributed by atoms with van der Waals surface area (Å²) in [6, 6.07) is 23.7. The third-order valence-corrected chi connectivity index (χ3v) is 5.59. The van der Waals surface area contributed by atoms with E-state index in [0.717, 1.165) is 11.1 Å². The van der Waals surface area contributed by atoms with E-state index in [1.807, 2.05) is 54.6 Å². The molecule has 0 saturated heterocycles. The lowest BCUT2D eigenvalue weighted by atomic mass is 10.1. The Morgan fingerprint density at radius 1 is 0.933 bits per heavy atom. The van der Waals surface area contributed by atoms with Crippen LogP contribution in [0.4, 0.5) is 0 Å². The van der Waals surface area contributed by atoms with Crippen molar-refractivity contribution in [3.63, 3.8) is 0 Å². The van der Waals surface area contributed by atoms with E-state index in [9.17, 15) is 8.42 Å². The van der Waals surface area contributed by atoms with Gasteiger partial charge in [-0.05, 0) is 42.0 Å². The minimum atomic E-state index is -3.77. The summed E-state index contributed by atoms with van der Waals surface area (Å²) < 4.78 is 34.6. The quantitative estimate of drug-likeness (QED) is 0.503. The van der Waals surface area contributed by atoms with Crippen molar-refractivity contribution in [2.75, 3.05) is 7.11 Å². The zero-order chi connectivity index (χ0) is 21.1. The second kappa shape index (κ2) is 8.14. The van der Waals surface area contributed by atoms with E-state index in [1.54, 1.807) is 19.2 Å². The van der Waals surface area contributed by atoms with Crippen LogP contribution in [0.1, 0.15) is 11.5 Å². The van der Waals surface area contributed by atoms with Gasteiger partial charge in [0.2, 0.25) is 10.0 Å². The lowest BCUT2D eigenvalue weighted by Crippen LogP contribution is -2.11. The molecule has 30 heavy (non-hydrogen) atoms. The van der Waals surface area contributed by atoms with Crippen LogP contribution in [0.25, 0.3) is 22.6 Å². The average Bonchev–Trinajstić information content (AvgIpc) is 3.18. The third kappa shape index (κ3) is 4.27. The Kier molecular flexibility index (Phi) is 5.39. The molecule has 4 rings (SSSR count). The molecule has 0 aliphatic carbocycles. The van der Waals surface area contributed by atoms with Gasteiger partial charge in [-0.25, -0.2) is 18.5 Å². The number of nitrogens with zero attached hydrogens (tertiary/aromatic N) is 1. The van der Waals surface area contributed by atoms with Crippen LogP contribution in [0.15, 0.2) is 88.2 Å². The molecule has 0 amide bonds. The molecule has 0 aliphatic heterocycles. The normalized spacial score (nSPS) is 11.4. The lowest BCUT2D eigenvalue weighted by molar-refractivity contribution is 0.415. The van der Waals surface area contributed by atoms with Gasteiger partial charge in [0, 0.05) is 17.5 Å². The molecule has 0 bridgehead atoms. The van der Waals surface area contributed by atoms with Crippen molar-refractivity contribution >= 4 is 10.0 Å². The van der Waals surface area contributed by atoms with Gasteiger partial charge in [-0.1, -0.05) is 42.5 Å². The van der Waals surface area contributed by atoms with Crippen LogP contribution in [-0.2, 0) is 16.4 Å². The van der Waals surface area contributed by atoms with E-state index in [2.05, 4.69) is 0 Å². The van der Waals surface area contributed by atoms with Crippen molar-refractivity contribution < 1.29 is 17.6 Å². The van der Waals surface area contributed by atoms with Crippen LogP contribution in [0.5, 0.6) is 5.75 Å². The molecule has 0 saturated carbocycles. The standard InChI is InChI=1S/C23H20N2O4S/c1-28-19-9-5-8-18(15-19)22-23(17-10-12-20(13-11-17)30(24,26)27)29-21(25-22)14-16-6-3-2-4-7-16/h2-13,15H,14H2,1H3,(H2,24,26,27). The highest BCUT2D eigenvalue weighted by Crippen LogP contribution is 2.35. The Bertz CT molecular complexity index is 1260. The van der Waals surface area contributed by atoms with Crippen LogP contribution in [-0.4, -0.2) is 20.5 Å². The molecule has 0 fully saturated rings. The minimum absolute atomic E-state index is 0.0400. The Balaban J connectivity index is 1.80. The van der Waals surface area contributed by atoms with Crippen molar-refractivity contribution in [1.82, 2.24) is 4.98 Å². The molecule has 0 aliphatic rings. The summed E-state index contributed by atoms with van der Waals surface area (Å²) in [6.07, 6.45) is 0.535. The van der Waals surface area contributed by atoms with Crippen molar-refractivity contribution in [2.24, 2.45) is 5.14 Å². The van der Waals surface area contributed by atoms with Gasteiger partial charge in [-0.15, -0.1) is 0 Å². The van der Waals surface area contributed by atoms with Crippen molar-refractivity contribution in [3.05, 3.63) is 90.3 Å². The number of sulfonamides is 1. The number of ether oxygens (including phenoxy) is 1. The molecule has 0 spiro atoms. The summed E-state index contributed by atoms with van der Waals surface area (Å²) in [6.45, 7) is 0. The van der Waals surface area contributed by atoms with Crippen molar-refractivity contribution in [2.45, 2.75) is 11.3 Å². The first kappa shape index (κ1) is 19.9. The molecule has 6 nitrogen and oxygen atoms in total. The number of rotatable bonds is 6. The third-order valence-electron chi connectivity index (χ3n) is 4.66. The number of oxazole rings is 1. The molecule has 3 aromatic carbocycles. The molecule has 2 N–H and O–H groups in total.